The number of aryl methyl sites for hydroxylation is 1. The van der Waals surface area contributed by atoms with Crippen LogP contribution in [0.4, 0.5) is 18.9 Å². The van der Waals surface area contributed by atoms with Gasteiger partial charge in [0.15, 0.2) is 23.1 Å². The molecule has 5 aliphatic rings. The molecule has 3 aliphatic carbocycles. The number of rotatable bonds is 6. The van der Waals surface area contributed by atoms with Crippen molar-refractivity contribution >= 4 is 40.7 Å². The number of hydrogen-bond donors (Lipinski definition) is 3. The van der Waals surface area contributed by atoms with Crippen molar-refractivity contribution in [1.29, 1.82) is 0 Å². The fourth-order valence-corrected chi connectivity index (χ4v) is 8.34. The lowest BCUT2D eigenvalue weighted by molar-refractivity contribution is -0.137. The first-order valence-electron chi connectivity index (χ1n) is 17.6. The number of ketones is 1. The Bertz CT molecular complexity index is 1940. The highest BCUT2D eigenvalue weighted by Gasteiger charge is 2.60. The first-order valence-corrected chi connectivity index (χ1v) is 17.9. The van der Waals surface area contributed by atoms with Crippen LogP contribution in [0.3, 0.4) is 0 Å². The monoisotopic (exact) mass is 756 g/mol. The smallest absolute Gasteiger partial charge is 0.416 e. The maximum absolute atomic E-state index is 14.4. The Kier molecular flexibility index (Phi) is 9.87. The normalized spacial score (nSPS) is 26.7. The van der Waals surface area contributed by atoms with E-state index in [4.69, 9.17) is 21.4 Å². The molecule has 2 fully saturated rings. The Labute approximate surface area is 308 Å². The largest absolute Gasteiger partial charge is 0.504 e. The lowest BCUT2D eigenvalue weighted by atomic mass is 9.66. The highest BCUT2D eigenvalue weighted by molar-refractivity contribution is 6.33. The van der Waals surface area contributed by atoms with Gasteiger partial charge in [0, 0.05) is 36.8 Å². The molecule has 17 heteroatoms. The summed E-state index contributed by atoms with van der Waals surface area (Å²) in [4.78, 5) is 51.1. The number of carbonyl (C=O) groups excluding carboxylic acids is 3. The van der Waals surface area contributed by atoms with Crippen LogP contribution in [0.1, 0.15) is 54.4 Å². The first kappa shape index (κ1) is 36.6. The Morgan fingerprint density at radius 3 is 2.60 bits per heavy atom. The number of hydrazine groups is 1. The topological polar surface area (TPSA) is 153 Å². The van der Waals surface area contributed by atoms with Crippen LogP contribution in [-0.2, 0) is 20.5 Å². The van der Waals surface area contributed by atoms with Crippen LogP contribution in [0.25, 0.3) is 0 Å². The van der Waals surface area contributed by atoms with Crippen molar-refractivity contribution in [1.82, 2.24) is 30.3 Å². The average molecular weight is 757 g/mol. The fourth-order valence-electron chi connectivity index (χ4n) is 8.11. The number of nitrogens with one attached hydrogen (secondary N) is 2. The molecule has 2 amide bonds. The average Bonchev–Trinajstić information content (AvgIpc) is 3.83. The summed E-state index contributed by atoms with van der Waals surface area (Å²) in [5.41, 5.74) is 5.04. The first-order chi connectivity index (χ1) is 25.2. The molecule has 1 aromatic carbocycles. The number of aromatic hydroxyl groups is 1. The van der Waals surface area contributed by atoms with Gasteiger partial charge >= 0.3 is 6.18 Å². The Hall–Kier alpha value is -4.70. The molecule has 0 saturated heterocycles. The number of hydrazone groups is 1. The van der Waals surface area contributed by atoms with E-state index in [9.17, 15) is 32.7 Å². The van der Waals surface area contributed by atoms with Crippen LogP contribution in [0, 0.1) is 30.6 Å². The number of likely N-dealkylation sites (N-methyl/N-ethyl adjacent to an activating group) is 1. The molecule has 3 N–H and O–H groups in total. The van der Waals surface area contributed by atoms with E-state index in [-0.39, 0.29) is 83.0 Å². The zero-order valence-electron chi connectivity index (χ0n) is 29.4. The second kappa shape index (κ2) is 14.3. The van der Waals surface area contributed by atoms with Crippen molar-refractivity contribution in [2.24, 2.45) is 28.8 Å². The van der Waals surface area contributed by atoms with E-state index in [1.165, 1.54) is 11.3 Å². The quantitative estimate of drug-likeness (QED) is 0.383. The van der Waals surface area contributed by atoms with Gasteiger partial charge in [0.1, 0.15) is 12.9 Å². The third kappa shape index (κ3) is 7.18. The highest BCUT2D eigenvalue weighted by Crippen LogP contribution is 2.63. The summed E-state index contributed by atoms with van der Waals surface area (Å²) in [7, 11) is 1.80. The summed E-state index contributed by atoms with van der Waals surface area (Å²) in [5.74, 6) is -0.714. The van der Waals surface area contributed by atoms with Crippen molar-refractivity contribution in [3.05, 3.63) is 69.4 Å². The molecule has 0 radical (unpaired) electrons. The van der Waals surface area contributed by atoms with E-state index < -0.39 is 23.6 Å². The molecule has 5 atom stereocenters. The van der Waals surface area contributed by atoms with Gasteiger partial charge in [0.05, 0.1) is 41.7 Å². The Morgan fingerprint density at radius 1 is 1.15 bits per heavy atom. The molecule has 2 saturated carbocycles. The second-order valence-electron chi connectivity index (χ2n) is 14.2. The maximum atomic E-state index is 14.4. The molecule has 1 aromatic heterocycles. The number of ether oxygens (including phenoxy) is 1. The van der Waals surface area contributed by atoms with Crippen LogP contribution in [0.15, 0.2) is 52.5 Å². The van der Waals surface area contributed by atoms with E-state index in [0.29, 0.717) is 31.9 Å². The molecule has 5 unspecified atom stereocenters. The summed E-state index contributed by atoms with van der Waals surface area (Å²) in [6, 6.07) is 2.38. The molecular weight excluding hydrogens is 717 g/mol. The zero-order valence-corrected chi connectivity index (χ0v) is 30.2. The minimum atomic E-state index is -4.61. The molecule has 7 rings (SSSR count). The van der Waals surface area contributed by atoms with Crippen LogP contribution in [0.5, 0.6) is 5.75 Å². The number of aromatic nitrogens is 2. The number of amidine groups is 1. The van der Waals surface area contributed by atoms with Gasteiger partial charge in [-0.2, -0.15) is 18.3 Å². The van der Waals surface area contributed by atoms with E-state index in [2.05, 4.69) is 20.7 Å². The summed E-state index contributed by atoms with van der Waals surface area (Å²) < 4.78 is 45.4. The second-order valence-corrected chi connectivity index (χ2v) is 14.6. The third-order valence-corrected chi connectivity index (χ3v) is 11.2. The lowest BCUT2D eigenvalue weighted by Gasteiger charge is -2.48. The number of Topliss-reactive ketones (excluding diaryl/α,β-unsaturated/α-hetero) is 1. The molecule has 3 heterocycles. The molecule has 0 spiro atoms. The number of hydrogen-bond acceptors (Lipinski definition) is 11. The van der Waals surface area contributed by atoms with Gasteiger partial charge in [-0.1, -0.05) is 17.7 Å². The predicted octanol–water partition coefficient (Wildman–Crippen LogP) is 4.54. The number of benzene rings is 1. The summed E-state index contributed by atoms with van der Waals surface area (Å²) in [5, 5.41) is 21.4. The van der Waals surface area contributed by atoms with Crippen LogP contribution >= 0.6 is 11.6 Å². The molecule has 2 aromatic rings. The van der Waals surface area contributed by atoms with E-state index in [1.807, 2.05) is 6.08 Å². The lowest BCUT2D eigenvalue weighted by Crippen LogP contribution is -2.55. The standard InChI is InChI=1S/C36H40ClF3N8O5/c1-18-33(51)32(42-17-41-18)35(52)48-11-10-47(16-28(50)43-26-6-4-21(14-25(26)37)36(38,39)40)45-34(20-8-12-53-13-9-20)46(3)44-31-24-15-23(24)30(29(31)19(2)49)22-5-7-27(22)48/h4,6,8,14,17,22-24,27,30,44,51H,5,7,9-13,15-16H2,1-3H3,(H,43,50)/b45-34-. The number of fused-ring (bicyclic) bond motifs is 6. The van der Waals surface area contributed by atoms with Crippen molar-refractivity contribution in [2.75, 3.05) is 45.2 Å². The van der Waals surface area contributed by atoms with Gasteiger partial charge < -0.3 is 25.5 Å². The van der Waals surface area contributed by atoms with E-state index in [1.54, 1.807) is 30.8 Å². The number of carbonyl (C=O) groups is 3. The van der Waals surface area contributed by atoms with Gasteiger partial charge in [-0.25, -0.2) is 9.97 Å². The molecular formula is C36H40ClF3N8O5. The number of nitrogens with zero attached hydrogens (tertiary/aromatic N) is 6. The van der Waals surface area contributed by atoms with Crippen LogP contribution < -0.4 is 10.7 Å². The molecule has 2 aliphatic heterocycles. The number of allylic oxidation sites excluding steroid dienone is 2. The van der Waals surface area contributed by atoms with Crippen molar-refractivity contribution in [3.63, 3.8) is 0 Å². The van der Waals surface area contributed by atoms with Crippen LogP contribution in [0.2, 0.25) is 5.02 Å². The Morgan fingerprint density at radius 2 is 1.94 bits per heavy atom. The van der Waals surface area contributed by atoms with Gasteiger partial charge in [-0.05, 0) is 81.1 Å². The predicted molar refractivity (Wildman–Crippen MR) is 187 cm³/mol. The third-order valence-electron chi connectivity index (χ3n) is 10.9. The van der Waals surface area contributed by atoms with Crippen LogP contribution in [-0.4, -0.2) is 99.4 Å². The Balaban J connectivity index is 1.28. The zero-order chi connectivity index (χ0) is 37.8. The van der Waals surface area contributed by atoms with E-state index >= 15 is 0 Å². The molecule has 2 bridgehead atoms. The van der Waals surface area contributed by atoms with Gasteiger partial charge in [-0.15, -0.1) is 0 Å². The molecule has 282 valence electrons. The minimum absolute atomic E-state index is 0.00642. The van der Waals surface area contributed by atoms with Gasteiger partial charge in [0.25, 0.3) is 5.91 Å². The maximum Gasteiger partial charge on any atom is 0.416 e. The SMILES string of the molecule is CC(=O)C1=C2NN(C)/C(C3=CCOCC3)=N\N(CC(=O)Nc3ccc(C(F)(F)F)cc3Cl)CCN(C(=O)c3ncnc(C)c3O)C3CCC3C1C1CC21. The van der Waals surface area contributed by atoms with Crippen molar-refractivity contribution in [2.45, 2.75) is 51.7 Å². The van der Waals surface area contributed by atoms with Crippen molar-refractivity contribution in [3.8, 4) is 5.75 Å². The summed E-state index contributed by atoms with van der Waals surface area (Å²) in [6.45, 7) is 3.69. The number of alkyl halides is 3. The van der Waals surface area contributed by atoms with E-state index in [0.717, 1.165) is 47.9 Å². The molecule has 53 heavy (non-hydrogen) atoms. The minimum Gasteiger partial charge on any atom is -0.504 e. The summed E-state index contributed by atoms with van der Waals surface area (Å²) in [6.07, 6.45) is 1.39. The van der Waals surface area contributed by atoms with Gasteiger partial charge in [-0.3, -0.25) is 24.4 Å². The number of amides is 2. The fraction of sp³-hybridized carbons (Fsp3) is 0.500. The highest BCUT2D eigenvalue weighted by atomic mass is 35.5. The number of anilines is 1. The van der Waals surface area contributed by atoms with Gasteiger partial charge in [0.2, 0.25) is 5.91 Å². The number of halogens is 4. The summed E-state index contributed by atoms with van der Waals surface area (Å²) >= 11 is 6.16. The molecule has 13 nitrogen and oxygen atoms in total. The van der Waals surface area contributed by atoms with Crippen molar-refractivity contribution < 1.29 is 37.4 Å².